The predicted molar refractivity (Wildman–Crippen MR) is 88.9 cm³/mol. The Hall–Kier alpha value is -1.06. The van der Waals surface area contributed by atoms with E-state index in [1.165, 1.54) is 5.56 Å². The minimum atomic E-state index is 0.217. The van der Waals surface area contributed by atoms with E-state index in [1.807, 2.05) is 12.1 Å². The Morgan fingerprint density at radius 1 is 1.19 bits per heavy atom. The van der Waals surface area contributed by atoms with Crippen molar-refractivity contribution in [2.75, 3.05) is 20.3 Å². The van der Waals surface area contributed by atoms with Gasteiger partial charge < -0.3 is 14.8 Å². The summed E-state index contributed by atoms with van der Waals surface area (Å²) in [6, 6.07) is 8.44. The van der Waals surface area contributed by atoms with E-state index < -0.39 is 0 Å². The van der Waals surface area contributed by atoms with Gasteiger partial charge in [0, 0.05) is 0 Å². The third kappa shape index (κ3) is 6.96. The molecule has 0 bridgehead atoms. The lowest BCUT2D eigenvalue weighted by Gasteiger charge is -2.23. The highest BCUT2D eigenvalue weighted by molar-refractivity contribution is 5.30. The lowest BCUT2D eigenvalue weighted by Crippen LogP contribution is -2.28. The molecule has 2 atom stereocenters. The normalized spacial score (nSPS) is 14.2. The zero-order chi connectivity index (χ0) is 15.7. The summed E-state index contributed by atoms with van der Waals surface area (Å²) in [5.41, 5.74) is 1.22. The number of benzene rings is 1. The van der Waals surface area contributed by atoms with Crippen LogP contribution in [-0.4, -0.2) is 26.4 Å². The zero-order valence-electron chi connectivity index (χ0n) is 14.2. The largest absolute Gasteiger partial charge is 0.497 e. The van der Waals surface area contributed by atoms with Crippen LogP contribution >= 0.6 is 0 Å². The molecule has 0 aromatic heterocycles. The van der Waals surface area contributed by atoms with Crippen LogP contribution in [0.2, 0.25) is 0 Å². The highest BCUT2D eigenvalue weighted by Crippen LogP contribution is 2.20. The summed E-state index contributed by atoms with van der Waals surface area (Å²) < 4.78 is 11.4. The minimum Gasteiger partial charge on any atom is -0.497 e. The summed E-state index contributed by atoms with van der Waals surface area (Å²) in [7, 11) is 1.70. The highest BCUT2D eigenvalue weighted by Gasteiger charge is 2.14. The van der Waals surface area contributed by atoms with E-state index in [-0.39, 0.29) is 6.04 Å². The molecule has 1 aromatic rings. The van der Waals surface area contributed by atoms with Crippen molar-refractivity contribution >= 4 is 0 Å². The molecule has 0 aliphatic rings. The van der Waals surface area contributed by atoms with Crippen LogP contribution in [0, 0.1) is 5.92 Å². The molecular formula is C18H31NO2. The fourth-order valence-electron chi connectivity index (χ4n) is 2.44. The number of rotatable bonds is 10. The van der Waals surface area contributed by atoms with Crippen LogP contribution in [0.15, 0.2) is 24.3 Å². The van der Waals surface area contributed by atoms with E-state index in [4.69, 9.17) is 9.47 Å². The average Bonchev–Trinajstić information content (AvgIpc) is 2.46. The van der Waals surface area contributed by atoms with Crippen LogP contribution in [0.25, 0.3) is 0 Å². The smallest absolute Gasteiger partial charge is 0.119 e. The van der Waals surface area contributed by atoms with Crippen LogP contribution in [0.5, 0.6) is 5.75 Å². The maximum absolute atomic E-state index is 6.04. The van der Waals surface area contributed by atoms with Crippen molar-refractivity contribution in [3.05, 3.63) is 29.8 Å². The molecular weight excluding hydrogens is 262 g/mol. The summed E-state index contributed by atoms with van der Waals surface area (Å²) in [6.45, 7) is 10.5. The van der Waals surface area contributed by atoms with Crippen molar-refractivity contribution in [3.8, 4) is 5.75 Å². The number of methoxy groups -OCH3 is 1. The summed E-state index contributed by atoms with van der Waals surface area (Å²) in [5.74, 6) is 1.56. The van der Waals surface area contributed by atoms with Gasteiger partial charge in [-0.25, -0.2) is 0 Å². The molecule has 21 heavy (non-hydrogen) atoms. The van der Waals surface area contributed by atoms with Gasteiger partial charge in [0.2, 0.25) is 0 Å². The monoisotopic (exact) mass is 293 g/mol. The molecule has 120 valence electrons. The van der Waals surface area contributed by atoms with E-state index in [2.05, 4.69) is 45.1 Å². The molecule has 0 heterocycles. The Bertz CT molecular complexity index is 393. The van der Waals surface area contributed by atoms with E-state index in [9.17, 15) is 0 Å². The van der Waals surface area contributed by atoms with Gasteiger partial charge in [-0.05, 0) is 49.9 Å². The van der Waals surface area contributed by atoms with Crippen LogP contribution in [0.1, 0.15) is 52.1 Å². The van der Waals surface area contributed by atoms with E-state index in [1.54, 1.807) is 7.11 Å². The first-order valence-electron chi connectivity index (χ1n) is 8.05. The highest BCUT2D eigenvalue weighted by atomic mass is 16.5. The van der Waals surface area contributed by atoms with Crippen LogP contribution in [-0.2, 0) is 4.74 Å². The molecule has 3 heteroatoms. The zero-order valence-corrected chi connectivity index (χ0v) is 14.2. The van der Waals surface area contributed by atoms with E-state index >= 15 is 0 Å². The molecule has 3 nitrogen and oxygen atoms in total. The Balaban J connectivity index is 2.66. The lowest BCUT2D eigenvalue weighted by atomic mass is 10.1. The van der Waals surface area contributed by atoms with Crippen LogP contribution < -0.4 is 10.1 Å². The van der Waals surface area contributed by atoms with E-state index in [0.717, 1.165) is 25.1 Å². The van der Waals surface area contributed by atoms with Crippen molar-refractivity contribution < 1.29 is 9.47 Å². The summed E-state index contributed by atoms with van der Waals surface area (Å²) in [6.07, 6.45) is 2.50. The van der Waals surface area contributed by atoms with E-state index in [0.29, 0.717) is 18.6 Å². The standard InChI is InChI=1S/C18H31NO2/c1-6-10-19-18(13-21-15(4)11-14(2)3)16-8-7-9-17(12-16)20-5/h7-9,12,14-15,18-19H,6,10-11,13H2,1-5H3. The maximum atomic E-state index is 6.04. The Labute approximate surface area is 130 Å². The molecule has 0 aliphatic heterocycles. The fourth-order valence-corrected chi connectivity index (χ4v) is 2.44. The lowest BCUT2D eigenvalue weighted by molar-refractivity contribution is 0.0370. The second kappa shape index (κ2) is 9.80. The quantitative estimate of drug-likeness (QED) is 0.702. The van der Waals surface area contributed by atoms with Crippen LogP contribution in [0.4, 0.5) is 0 Å². The molecule has 1 N–H and O–H groups in total. The predicted octanol–water partition coefficient (Wildman–Crippen LogP) is 4.19. The first kappa shape index (κ1) is 18.0. The number of ether oxygens (including phenoxy) is 2. The minimum absolute atomic E-state index is 0.217. The number of hydrogen-bond donors (Lipinski definition) is 1. The SMILES string of the molecule is CCCNC(COC(C)CC(C)C)c1cccc(OC)c1. The summed E-state index contributed by atoms with van der Waals surface area (Å²) in [4.78, 5) is 0. The van der Waals surface area contributed by atoms with Crippen molar-refractivity contribution in [1.82, 2.24) is 5.32 Å². The van der Waals surface area contributed by atoms with Gasteiger partial charge in [0.05, 0.1) is 25.9 Å². The summed E-state index contributed by atoms with van der Waals surface area (Å²) in [5, 5.41) is 3.57. The molecule has 0 fully saturated rings. The average molecular weight is 293 g/mol. The molecule has 0 amide bonds. The summed E-state index contributed by atoms with van der Waals surface area (Å²) >= 11 is 0. The van der Waals surface area contributed by atoms with Crippen molar-refractivity contribution in [3.63, 3.8) is 0 Å². The Kier molecular flexibility index (Phi) is 8.40. The Morgan fingerprint density at radius 3 is 2.57 bits per heavy atom. The molecule has 0 saturated heterocycles. The van der Waals surface area contributed by atoms with Gasteiger partial charge in [0.15, 0.2) is 0 Å². The molecule has 1 rings (SSSR count). The molecule has 1 aromatic carbocycles. The van der Waals surface area contributed by atoms with Crippen LogP contribution in [0.3, 0.4) is 0 Å². The van der Waals surface area contributed by atoms with Gasteiger partial charge in [-0.1, -0.05) is 32.9 Å². The molecule has 0 aliphatic carbocycles. The molecule has 0 radical (unpaired) electrons. The fraction of sp³-hybridized carbons (Fsp3) is 0.667. The van der Waals surface area contributed by atoms with Gasteiger partial charge in [-0.2, -0.15) is 0 Å². The number of nitrogens with one attached hydrogen (secondary N) is 1. The first-order chi connectivity index (χ1) is 10.1. The van der Waals surface area contributed by atoms with Gasteiger partial charge >= 0.3 is 0 Å². The maximum Gasteiger partial charge on any atom is 0.119 e. The number of hydrogen-bond acceptors (Lipinski definition) is 3. The van der Waals surface area contributed by atoms with Crippen molar-refractivity contribution in [2.24, 2.45) is 5.92 Å². The third-order valence-corrected chi connectivity index (χ3v) is 3.49. The third-order valence-electron chi connectivity index (χ3n) is 3.49. The van der Waals surface area contributed by atoms with Gasteiger partial charge in [-0.3, -0.25) is 0 Å². The second-order valence-corrected chi connectivity index (χ2v) is 6.06. The first-order valence-corrected chi connectivity index (χ1v) is 8.05. The van der Waals surface area contributed by atoms with Crippen molar-refractivity contribution in [1.29, 1.82) is 0 Å². The van der Waals surface area contributed by atoms with Gasteiger partial charge in [0.1, 0.15) is 5.75 Å². The molecule has 0 spiro atoms. The molecule has 2 unspecified atom stereocenters. The van der Waals surface area contributed by atoms with Gasteiger partial charge in [0.25, 0.3) is 0 Å². The second-order valence-electron chi connectivity index (χ2n) is 6.06. The topological polar surface area (TPSA) is 30.5 Å². The van der Waals surface area contributed by atoms with Crippen molar-refractivity contribution in [2.45, 2.75) is 52.7 Å². The van der Waals surface area contributed by atoms with Gasteiger partial charge in [-0.15, -0.1) is 0 Å². The molecule has 0 saturated carbocycles. The Morgan fingerprint density at radius 2 is 1.95 bits per heavy atom.